The lowest BCUT2D eigenvalue weighted by Gasteiger charge is -2.28. The highest BCUT2D eigenvalue weighted by Crippen LogP contribution is 2.35. The van der Waals surface area contributed by atoms with Crippen LogP contribution in [0.1, 0.15) is 17.0 Å². The Bertz CT molecular complexity index is 1540. The van der Waals surface area contributed by atoms with E-state index in [1.54, 1.807) is 6.08 Å². The van der Waals surface area contributed by atoms with Crippen LogP contribution in [-0.4, -0.2) is 54.6 Å². The van der Waals surface area contributed by atoms with Crippen LogP contribution in [0.2, 0.25) is 0 Å². The zero-order valence-corrected chi connectivity index (χ0v) is 21.1. The number of nitrogens with two attached hydrogens (primary N) is 1. The third-order valence-corrected chi connectivity index (χ3v) is 7.77. The molecular formula is C28H28N6O2S. The van der Waals surface area contributed by atoms with Crippen LogP contribution in [-0.2, 0) is 4.79 Å². The van der Waals surface area contributed by atoms with E-state index in [1.165, 1.54) is 15.9 Å². The molecule has 9 heteroatoms. The van der Waals surface area contributed by atoms with Crippen LogP contribution in [0.15, 0.2) is 71.0 Å². The number of piperazine rings is 1. The summed E-state index contributed by atoms with van der Waals surface area (Å²) in [5, 5.41) is 16.5. The number of hydrogen-bond donors (Lipinski definition) is 3. The molecule has 5 rings (SSSR count). The second-order valence-corrected chi connectivity index (χ2v) is 10.0. The Labute approximate surface area is 218 Å². The number of fused-ring (bicyclic) bond motifs is 1. The second-order valence-electron chi connectivity index (χ2n) is 8.98. The van der Waals surface area contributed by atoms with Gasteiger partial charge in [0.1, 0.15) is 10.5 Å². The zero-order valence-electron chi connectivity index (χ0n) is 20.3. The number of nitriles is 1. The topological polar surface area (TPSA) is 116 Å². The second kappa shape index (κ2) is 11.0. The first-order chi connectivity index (χ1) is 18.1. The minimum atomic E-state index is -0.673. The van der Waals surface area contributed by atoms with Gasteiger partial charge in [0.25, 0.3) is 11.5 Å². The van der Waals surface area contributed by atoms with Crippen LogP contribution in [0.4, 0.5) is 0 Å². The third kappa shape index (κ3) is 5.00. The molecule has 2 aliphatic heterocycles. The lowest BCUT2D eigenvalue weighted by atomic mass is 9.83. The number of benzene rings is 2. The number of amides is 1. The van der Waals surface area contributed by atoms with E-state index in [0.717, 1.165) is 43.9 Å². The number of hydrogen-bond acceptors (Lipinski definition) is 7. The summed E-state index contributed by atoms with van der Waals surface area (Å²) in [4.78, 5) is 29.5. The smallest absolute Gasteiger partial charge is 0.274 e. The molecule has 1 unspecified atom stereocenters. The summed E-state index contributed by atoms with van der Waals surface area (Å²) in [5.41, 5.74) is 8.31. The molecule has 1 saturated heterocycles. The highest BCUT2D eigenvalue weighted by atomic mass is 32.1. The van der Waals surface area contributed by atoms with Gasteiger partial charge in [-0.2, -0.15) is 5.26 Å². The molecule has 188 valence electrons. The summed E-state index contributed by atoms with van der Waals surface area (Å²) >= 11 is 1.22. The van der Waals surface area contributed by atoms with Crippen LogP contribution in [0, 0.1) is 11.3 Å². The maximum atomic E-state index is 13.8. The minimum Gasteiger partial charge on any atom is -0.384 e. The quantitative estimate of drug-likeness (QED) is 0.439. The van der Waals surface area contributed by atoms with Gasteiger partial charge >= 0.3 is 0 Å². The molecule has 0 radical (unpaired) electrons. The lowest BCUT2D eigenvalue weighted by Crippen LogP contribution is -2.47. The Hall–Kier alpha value is -3.97. The third-order valence-electron chi connectivity index (χ3n) is 6.67. The average Bonchev–Trinajstić information content (AvgIpc) is 3.25. The fraction of sp³-hybridized carbons (Fsp3) is 0.250. The molecule has 0 spiro atoms. The average molecular weight is 513 g/mol. The zero-order chi connectivity index (χ0) is 25.8. The molecule has 0 bridgehead atoms. The maximum Gasteiger partial charge on any atom is 0.274 e. The number of carbonyl (C=O) groups excluding carboxylic acids is 1. The molecule has 1 aromatic heterocycles. The summed E-state index contributed by atoms with van der Waals surface area (Å²) in [6.07, 6.45) is 1.79. The standard InChI is InChI=1S/C28H28N6O2S/c29-18-21-23(20-9-5-2-6-10-20)24(26(35)32-13-16-33-14-11-31-12-15-33)28-34(25(21)30)27(36)22(37-28)17-19-7-3-1-4-8-19/h1-10,17,23,31H,11-16,30H2,(H,32,35)/b22-17-. The van der Waals surface area contributed by atoms with Crippen LogP contribution in [0.3, 0.4) is 0 Å². The molecule has 0 aliphatic carbocycles. The van der Waals surface area contributed by atoms with E-state index in [4.69, 9.17) is 5.73 Å². The van der Waals surface area contributed by atoms with Gasteiger partial charge in [0.15, 0.2) is 0 Å². The molecule has 2 aliphatic rings. The van der Waals surface area contributed by atoms with Crippen molar-refractivity contribution in [1.29, 1.82) is 5.26 Å². The van der Waals surface area contributed by atoms with Gasteiger partial charge in [-0.15, -0.1) is 11.3 Å². The van der Waals surface area contributed by atoms with Crippen molar-refractivity contribution in [2.24, 2.45) is 5.73 Å². The highest BCUT2D eigenvalue weighted by molar-refractivity contribution is 7.07. The van der Waals surface area contributed by atoms with Gasteiger partial charge in [-0.25, -0.2) is 0 Å². The van der Waals surface area contributed by atoms with Crippen molar-refractivity contribution in [3.05, 3.63) is 96.9 Å². The molecule has 37 heavy (non-hydrogen) atoms. The number of thiazole rings is 1. The van der Waals surface area contributed by atoms with Gasteiger partial charge in [-0.3, -0.25) is 19.1 Å². The van der Waals surface area contributed by atoms with Crippen LogP contribution >= 0.6 is 11.3 Å². The fourth-order valence-corrected chi connectivity index (χ4v) is 5.98. The first kappa shape index (κ1) is 24.7. The SMILES string of the molecule is N#CC1=C(N)n2c(s/c(=C\c3ccccc3)c2=O)=C(C(=O)NCCN2CCNCC2)C1c1ccccc1. The molecule has 1 atom stereocenters. The summed E-state index contributed by atoms with van der Waals surface area (Å²) in [5.74, 6) is -0.906. The first-order valence-corrected chi connectivity index (χ1v) is 13.1. The van der Waals surface area contributed by atoms with Gasteiger partial charge in [0, 0.05) is 39.3 Å². The van der Waals surface area contributed by atoms with Crippen molar-refractivity contribution in [3.63, 3.8) is 0 Å². The van der Waals surface area contributed by atoms with Crippen LogP contribution in [0.5, 0.6) is 0 Å². The number of nitrogens with one attached hydrogen (secondary N) is 2. The molecular weight excluding hydrogens is 484 g/mol. The van der Waals surface area contributed by atoms with E-state index in [-0.39, 0.29) is 22.9 Å². The van der Waals surface area contributed by atoms with Crippen molar-refractivity contribution >= 4 is 34.7 Å². The Morgan fingerprint density at radius 3 is 2.49 bits per heavy atom. The molecule has 1 fully saturated rings. The number of rotatable bonds is 6. The summed E-state index contributed by atoms with van der Waals surface area (Å²) in [7, 11) is 0. The van der Waals surface area contributed by atoms with E-state index < -0.39 is 5.92 Å². The lowest BCUT2D eigenvalue weighted by molar-refractivity contribution is -0.116. The Morgan fingerprint density at radius 1 is 1.14 bits per heavy atom. The molecule has 0 saturated carbocycles. The van der Waals surface area contributed by atoms with Crippen molar-refractivity contribution in [1.82, 2.24) is 20.1 Å². The molecule has 3 heterocycles. The van der Waals surface area contributed by atoms with E-state index >= 15 is 0 Å². The van der Waals surface area contributed by atoms with Crippen molar-refractivity contribution in [2.75, 3.05) is 39.3 Å². The van der Waals surface area contributed by atoms with Crippen LogP contribution in [0.25, 0.3) is 17.5 Å². The normalized spacial score (nSPS) is 18.4. The van der Waals surface area contributed by atoms with Gasteiger partial charge in [0.2, 0.25) is 0 Å². The Kier molecular flexibility index (Phi) is 7.32. The van der Waals surface area contributed by atoms with Gasteiger partial charge < -0.3 is 16.4 Å². The number of nitrogens with zero attached hydrogens (tertiary/aromatic N) is 3. The minimum absolute atomic E-state index is 0.0673. The van der Waals surface area contributed by atoms with E-state index in [0.29, 0.717) is 21.3 Å². The molecule has 2 aromatic carbocycles. The monoisotopic (exact) mass is 512 g/mol. The highest BCUT2D eigenvalue weighted by Gasteiger charge is 2.35. The van der Waals surface area contributed by atoms with Crippen molar-refractivity contribution < 1.29 is 4.79 Å². The predicted molar refractivity (Wildman–Crippen MR) is 146 cm³/mol. The number of aromatic nitrogens is 1. The fourth-order valence-electron chi connectivity index (χ4n) is 4.80. The van der Waals surface area contributed by atoms with Crippen LogP contribution < -0.4 is 31.1 Å². The predicted octanol–water partition coefficient (Wildman–Crippen LogP) is 0.359. The molecule has 1 amide bonds. The first-order valence-electron chi connectivity index (χ1n) is 12.3. The van der Waals surface area contributed by atoms with Gasteiger partial charge in [0.05, 0.1) is 27.7 Å². The number of carbonyl (C=O) groups is 1. The number of allylic oxidation sites excluding steroid dienone is 1. The summed E-state index contributed by atoms with van der Waals surface area (Å²) in [6.45, 7) is 4.91. The van der Waals surface area contributed by atoms with E-state index in [9.17, 15) is 14.9 Å². The molecule has 8 nitrogen and oxygen atoms in total. The molecule has 3 aromatic rings. The summed E-state index contributed by atoms with van der Waals surface area (Å²) in [6, 6.07) is 21.1. The summed E-state index contributed by atoms with van der Waals surface area (Å²) < 4.78 is 2.22. The van der Waals surface area contributed by atoms with Gasteiger partial charge in [-0.05, 0) is 17.2 Å². The Balaban J connectivity index is 1.64. The van der Waals surface area contributed by atoms with Gasteiger partial charge in [-0.1, -0.05) is 60.7 Å². The largest absolute Gasteiger partial charge is 0.384 e. The molecule has 4 N–H and O–H groups in total. The maximum absolute atomic E-state index is 13.8. The van der Waals surface area contributed by atoms with Crippen molar-refractivity contribution in [3.8, 4) is 6.07 Å². The van der Waals surface area contributed by atoms with E-state index in [2.05, 4.69) is 21.6 Å². The van der Waals surface area contributed by atoms with E-state index in [1.807, 2.05) is 60.7 Å². The van der Waals surface area contributed by atoms with Crippen molar-refractivity contribution in [2.45, 2.75) is 5.92 Å². The Morgan fingerprint density at radius 2 is 1.81 bits per heavy atom.